The van der Waals surface area contributed by atoms with E-state index in [-0.39, 0.29) is 23.1 Å². The fourth-order valence-electron chi connectivity index (χ4n) is 4.13. The van der Waals surface area contributed by atoms with Gasteiger partial charge in [-0.05, 0) is 30.3 Å². The minimum atomic E-state index is -4.53. The lowest BCUT2D eigenvalue weighted by Crippen LogP contribution is -2.36. The Labute approximate surface area is 188 Å². The quantitative estimate of drug-likeness (QED) is 0.400. The molecule has 0 radical (unpaired) electrons. The molecule has 13 heteroatoms. The molecule has 6 heterocycles. The second kappa shape index (κ2) is 7.37. The van der Waals surface area contributed by atoms with Gasteiger partial charge < -0.3 is 14.3 Å². The summed E-state index contributed by atoms with van der Waals surface area (Å²) >= 11 is 0. The molecule has 0 bridgehead atoms. The number of nitrogens with one attached hydrogen (secondary N) is 1. The van der Waals surface area contributed by atoms with Crippen LogP contribution in [-0.2, 0) is 12.6 Å². The average Bonchev–Trinajstić information content (AvgIpc) is 3.56. The number of nitrogens with zero attached hydrogens (tertiary/aromatic N) is 7. The number of aromatic amines is 1. The van der Waals surface area contributed by atoms with E-state index in [0.717, 1.165) is 18.0 Å². The van der Waals surface area contributed by atoms with E-state index in [4.69, 9.17) is 4.42 Å². The number of H-pyrrole nitrogens is 1. The maximum atomic E-state index is 13.6. The van der Waals surface area contributed by atoms with Crippen molar-refractivity contribution in [1.82, 2.24) is 34.8 Å². The van der Waals surface area contributed by atoms with Gasteiger partial charge in [-0.2, -0.15) is 18.3 Å². The van der Waals surface area contributed by atoms with Crippen molar-refractivity contribution >= 4 is 11.5 Å². The third-order valence-electron chi connectivity index (χ3n) is 5.64. The lowest BCUT2D eigenvalue weighted by Gasteiger charge is -2.32. The molecule has 0 spiro atoms. The summed E-state index contributed by atoms with van der Waals surface area (Å²) in [5.41, 5.74) is 1.20. The molecule has 0 amide bonds. The van der Waals surface area contributed by atoms with Crippen molar-refractivity contribution in [3.8, 4) is 11.6 Å². The smallest absolute Gasteiger partial charge is 0.402 e. The van der Waals surface area contributed by atoms with Crippen molar-refractivity contribution in [1.29, 1.82) is 0 Å². The number of rotatable bonds is 3. The third kappa shape index (κ3) is 3.27. The van der Waals surface area contributed by atoms with Crippen LogP contribution < -0.4 is 4.90 Å². The van der Waals surface area contributed by atoms with Crippen LogP contribution in [0.15, 0.2) is 53.5 Å². The summed E-state index contributed by atoms with van der Waals surface area (Å²) in [5.74, 6) is -0.424. The third-order valence-corrected chi connectivity index (χ3v) is 5.64. The number of imidazole rings is 1. The molecule has 5 aromatic heterocycles. The fraction of sp³-hybridized carbons (Fsp3) is 0.190. The molecular formula is C21H14F4N8O. The monoisotopic (exact) mass is 470 g/mol. The SMILES string of the molecule is Fc1ccc(-c2nnc(N3CCc4[nH]cnc4[C@H]3c3cc4c(C(F)(F)F)cccn4n3)o2)nc1. The predicted octanol–water partition coefficient (Wildman–Crippen LogP) is 3.81. The van der Waals surface area contributed by atoms with Crippen molar-refractivity contribution in [3.05, 3.63) is 77.5 Å². The molecule has 0 aromatic carbocycles. The zero-order chi connectivity index (χ0) is 23.4. The first-order chi connectivity index (χ1) is 16.4. The largest absolute Gasteiger partial charge is 0.418 e. The highest BCUT2D eigenvalue weighted by atomic mass is 19.4. The Balaban J connectivity index is 1.45. The van der Waals surface area contributed by atoms with Gasteiger partial charge in [-0.3, -0.25) is 0 Å². The number of halogens is 4. The molecule has 1 aliphatic rings. The maximum Gasteiger partial charge on any atom is 0.418 e. The molecule has 9 nitrogen and oxygen atoms in total. The molecule has 1 atom stereocenters. The van der Waals surface area contributed by atoms with Crippen LogP contribution in [0.3, 0.4) is 0 Å². The molecule has 0 unspecified atom stereocenters. The van der Waals surface area contributed by atoms with Crippen LogP contribution in [-0.4, -0.2) is 41.3 Å². The highest BCUT2D eigenvalue weighted by Crippen LogP contribution is 2.39. The van der Waals surface area contributed by atoms with Gasteiger partial charge in [-0.1, -0.05) is 5.10 Å². The normalized spacial score (nSPS) is 16.2. The summed E-state index contributed by atoms with van der Waals surface area (Å²) in [4.78, 5) is 13.1. The van der Waals surface area contributed by atoms with E-state index in [1.54, 1.807) is 4.90 Å². The highest BCUT2D eigenvalue weighted by molar-refractivity contribution is 5.59. The molecule has 1 aliphatic heterocycles. The average molecular weight is 470 g/mol. The minimum Gasteiger partial charge on any atom is -0.402 e. The molecule has 0 aliphatic carbocycles. The first-order valence-electron chi connectivity index (χ1n) is 10.2. The first-order valence-corrected chi connectivity index (χ1v) is 10.2. The van der Waals surface area contributed by atoms with Gasteiger partial charge in [0.15, 0.2) is 0 Å². The summed E-state index contributed by atoms with van der Waals surface area (Å²) in [6.07, 6.45) is 0.0535. The van der Waals surface area contributed by atoms with E-state index in [1.807, 2.05) is 0 Å². The molecule has 5 aromatic rings. The zero-order valence-corrected chi connectivity index (χ0v) is 17.2. The summed E-state index contributed by atoms with van der Waals surface area (Å²) in [6, 6.07) is 5.78. The van der Waals surface area contributed by atoms with Gasteiger partial charge in [-0.15, -0.1) is 5.10 Å². The minimum absolute atomic E-state index is 0.0747. The lowest BCUT2D eigenvalue weighted by molar-refractivity contribution is -0.136. The zero-order valence-electron chi connectivity index (χ0n) is 17.2. The lowest BCUT2D eigenvalue weighted by atomic mass is 10.00. The van der Waals surface area contributed by atoms with Crippen LogP contribution in [0.1, 0.15) is 28.7 Å². The van der Waals surface area contributed by atoms with E-state index in [0.29, 0.717) is 24.4 Å². The number of hydrogen-bond donors (Lipinski definition) is 1. The first kappa shape index (κ1) is 20.3. The van der Waals surface area contributed by atoms with Crippen molar-refractivity contribution in [2.45, 2.75) is 18.6 Å². The highest BCUT2D eigenvalue weighted by Gasteiger charge is 2.38. The molecular weight excluding hydrogens is 456 g/mol. The van der Waals surface area contributed by atoms with Gasteiger partial charge in [0.05, 0.1) is 35.0 Å². The number of pyridine rings is 2. The molecule has 0 fully saturated rings. The van der Waals surface area contributed by atoms with E-state index in [1.165, 1.54) is 41.3 Å². The number of fused-ring (bicyclic) bond motifs is 2. The Bertz CT molecular complexity index is 1490. The maximum absolute atomic E-state index is 13.6. The van der Waals surface area contributed by atoms with E-state index >= 15 is 0 Å². The number of aromatic nitrogens is 7. The van der Waals surface area contributed by atoms with Crippen LogP contribution >= 0.6 is 0 Å². The van der Waals surface area contributed by atoms with E-state index < -0.39 is 23.6 Å². The summed E-state index contributed by atoms with van der Waals surface area (Å²) in [5, 5.41) is 12.5. The Kier molecular flexibility index (Phi) is 4.40. The topological polar surface area (TPSA) is 101 Å². The predicted molar refractivity (Wildman–Crippen MR) is 109 cm³/mol. The Morgan fingerprint density at radius 2 is 2.00 bits per heavy atom. The number of hydrogen-bond acceptors (Lipinski definition) is 7. The fourth-order valence-corrected chi connectivity index (χ4v) is 4.13. The molecule has 0 saturated carbocycles. The van der Waals surface area contributed by atoms with Crippen molar-refractivity contribution in [2.75, 3.05) is 11.4 Å². The summed E-state index contributed by atoms with van der Waals surface area (Å²) in [7, 11) is 0. The van der Waals surface area contributed by atoms with Crippen molar-refractivity contribution < 1.29 is 22.0 Å². The Morgan fingerprint density at radius 3 is 2.79 bits per heavy atom. The van der Waals surface area contributed by atoms with E-state index in [2.05, 4.69) is 30.2 Å². The standard InChI is InChI=1S/C21H14F4N8O/c22-11-3-4-14(26-9-11)19-29-30-20(34-19)32-7-5-13-17(28-10-27-13)18(32)15-8-16-12(21(23,24)25)2-1-6-33(16)31-15/h1-4,6,8-10,18H,5,7H2,(H,27,28)/t18-/m1/s1. The second-order valence-electron chi connectivity index (χ2n) is 7.68. The second-order valence-corrected chi connectivity index (χ2v) is 7.68. The summed E-state index contributed by atoms with van der Waals surface area (Å²) in [6.45, 7) is 0.415. The molecule has 0 saturated heterocycles. The van der Waals surface area contributed by atoms with Gasteiger partial charge in [0, 0.05) is 24.9 Å². The Hall–Kier alpha value is -4.29. The van der Waals surface area contributed by atoms with Crippen LogP contribution in [0.2, 0.25) is 0 Å². The van der Waals surface area contributed by atoms with Crippen LogP contribution in [0.5, 0.6) is 0 Å². The van der Waals surface area contributed by atoms with Crippen LogP contribution in [0, 0.1) is 5.82 Å². The molecule has 34 heavy (non-hydrogen) atoms. The van der Waals surface area contributed by atoms with Crippen molar-refractivity contribution in [3.63, 3.8) is 0 Å². The van der Waals surface area contributed by atoms with Gasteiger partial charge in [0.25, 0.3) is 5.89 Å². The Morgan fingerprint density at radius 1 is 1.12 bits per heavy atom. The van der Waals surface area contributed by atoms with E-state index in [9.17, 15) is 17.6 Å². The van der Waals surface area contributed by atoms with Gasteiger partial charge >= 0.3 is 12.2 Å². The van der Waals surface area contributed by atoms with Gasteiger partial charge in [0.1, 0.15) is 17.6 Å². The molecule has 172 valence electrons. The molecule has 6 rings (SSSR count). The number of alkyl halides is 3. The summed E-state index contributed by atoms with van der Waals surface area (Å²) < 4.78 is 60.9. The number of anilines is 1. The van der Waals surface area contributed by atoms with Gasteiger partial charge in [-0.25, -0.2) is 18.9 Å². The van der Waals surface area contributed by atoms with Crippen LogP contribution in [0.25, 0.3) is 17.1 Å². The molecule has 1 N–H and O–H groups in total. The van der Waals surface area contributed by atoms with Crippen molar-refractivity contribution in [2.24, 2.45) is 0 Å². The van der Waals surface area contributed by atoms with Gasteiger partial charge in [0.2, 0.25) is 0 Å². The van der Waals surface area contributed by atoms with Crippen LogP contribution in [0.4, 0.5) is 23.6 Å².